The summed E-state index contributed by atoms with van der Waals surface area (Å²) in [7, 11) is -3.81. The van der Waals surface area contributed by atoms with Gasteiger partial charge in [0.05, 0.1) is 0 Å². The van der Waals surface area contributed by atoms with E-state index < -0.39 is 27.5 Å². The fraction of sp³-hybridized carbons (Fsp3) is 0.211. The zero-order valence-electron chi connectivity index (χ0n) is 14.9. The van der Waals surface area contributed by atoms with Crippen LogP contribution in [0.15, 0.2) is 65.3 Å². The van der Waals surface area contributed by atoms with Gasteiger partial charge in [0.2, 0.25) is 0 Å². The largest absolute Gasteiger partial charge is 0.508 e. The third kappa shape index (κ3) is 4.29. The van der Waals surface area contributed by atoms with Gasteiger partial charge in [-0.25, -0.2) is 8.42 Å². The zero-order chi connectivity index (χ0) is 20.2. The molecule has 0 fully saturated rings. The van der Waals surface area contributed by atoms with E-state index in [2.05, 4.69) is 0 Å². The van der Waals surface area contributed by atoms with Gasteiger partial charge in [0, 0.05) is 18.6 Å². The van der Waals surface area contributed by atoms with Crippen molar-refractivity contribution in [1.29, 1.82) is 0 Å². The highest BCUT2D eigenvalue weighted by Gasteiger charge is 2.45. The molecule has 0 saturated carbocycles. The van der Waals surface area contributed by atoms with E-state index >= 15 is 0 Å². The predicted molar refractivity (Wildman–Crippen MR) is 102 cm³/mol. The standard InChI is InChI=1S/C17H15NO5S.C2H6O/c1-24(22,23)16-14(11-5-3-2-4-6-11)18(17(21)15(16)20)12-7-9-13(19)10-8-12;1-2-3/h2-10,14,19-20H,1H3;3H,2H2,1H3. The van der Waals surface area contributed by atoms with Crippen molar-refractivity contribution in [1.82, 2.24) is 0 Å². The molecule has 1 unspecified atom stereocenters. The first-order chi connectivity index (χ1) is 12.7. The molecule has 8 heteroatoms. The molecule has 1 heterocycles. The number of rotatable bonds is 3. The van der Waals surface area contributed by atoms with Crippen molar-refractivity contribution in [3.8, 4) is 5.75 Å². The second kappa shape index (κ2) is 8.24. The maximum atomic E-state index is 12.5. The molecular weight excluding hydrogens is 370 g/mol. The Morgan fingerprint density at radius 3 is 2.00 bits per heavy atom. The molecule has 0 radical (unpaired) electrons. The molecule has 7 nitrogen and oxygen atoms in total. The van der Waals surface area contributed by atoms with E-state index in [4.69, 9.17) is 5.11 Å². The average molecular weight is 391 g/mol. The fourth-order valence-electron chi connectivity index (χ4n) is 2.78. The van der Waals surface area contributed by atoms with E-state index in [1.807, 2.05) is 0 Å². The first-order valence-electron chi connectivity index (χ1n) is 8.14. The van der Waals surface area contributed by atoms with Crippen LogP contribution in [0.3, 0.4) is 0 Å². The van der Waals surface area contributed by atoms with Crippen molar-refractivity contribution in [3.63, 3.8) is 0 Å². The Labute approximate surface area is 157 Å². The molecule has 0 bridgehead atoms. The SMILES string of the molecule is CCO.CS(=O)(=O)C1=C(O)C(=O)N(c2ccc(O)cc2)C1c1ccccc1. The number of benzene rings is 2. The summed E-state index contributed by atoms with van der Waals surface area (Å²) in [6.07, 6.45) is 0.960. The lowest BCUT2D eigenvalue weighted by atomic mass is 10.1. The van der Waals surface area contributed by atoms with Gasteiger partial charge in [0.1, 0.15) is 16.7 Å². The number of carbonyl (C=O) groups excluding carboxylic acids is 1. The van der Waals surface area contributed by atoms with Gasteiger partial charge < -0.3 is 15.3 Å². The summed E-state index contributed by atoms with van der Waals surface area (Å²) in [6.45, 7) is 1.93. The minimum absolute atomic E-state index is 0.0159. The van der Waals surface area contributed by atoms with Crippen LogP contribution in [0.5, 0.6) is 5.75 Å². The molecule has 0 saturated heterocycles. The van der Waals surface area contributed by atoms with Crippen LogP contribution in [0.1, 0.15) is 18.5 Å². The second-order valence-electron chi connectivity index (χ2n) is 5.81. The summed E-state index contributed by atoms with van der Waals surface area (Å²) in [6, 6.07) is 13.4. The number of phenolic OH excluding ortho intramolecular Hbond substituents is 1. The van der Waals surface area contributed by atoms with E-state index in [1.165, 1.54) is 29.2 Å². The molecule has 3 rings (SSSR count). The molecule has 3 N–H and O–H groups in total. The number of hydrogen-bond donors (Lipinski definition) is 3. The van der Waals surface area contributed by atoms with Crippen molar-refractivity contribution in [2.45, 2.75) is 13.0 Å². The first-order valence-corrected chi connectivity index (χ1v) is 10.0. The molecule has 144 valence electrons. The monoisotopic (exact) mass is 391 g/mol. The smallest absolute Gasteiger partial charge is 0.295 e. The maximum absolute atomic E-state index is 12.5. The highest BCUT2D eigenvalue weighted by molar-refractivity contribution is 7.94. The molecule has 1 amide bonds. The van der Waals surface area contributed by atoms with E-state index in [9.17, 15) is 23.4 Å². The summed E-state index contributed by atoms with van der Waals surface area (Å²) in [5, 5.41) is 27.2. The Morgan fingerprint density at radius 2 is 1.52 bits per heavy atom. The van der Waals surface area contributed by atoms with Gasteiger partial charge in [-0.2, -0.15) is 0 Å². The Hall–Kier alpha value is -2.84. The number of amides is 1. The van der Waals surface area contributed by atoms with E-state index in [-0.39, 0.29) is 17.3 Å². The van der Waals surface area contributed by atoms with Crippen LogP contribution in [-0.2, 0) is 14.6 Å². The number of phenols is 1. The number of aromatic hydroxyl groups is 1. The van der Waals surface area contributed by atoms with Gasteiger partial charge in [-0.15, -0.1) is 0 Å². The molecule has 0 aliphatic carbocycles. The molecule has 2 aromatic rings. The van der Waals surface area contributed by atoms with Crippen LogP contribution in [-0.4, -0.2) is 42.5 Å². The van der Waals surface area contributed by atoms with Crippen LogP contribution in [0.2, 0.25) is 0 Å². The van der Waals surface area contributed by atoms with Gasteiger partial charge in [-0.3, -0.25) is 9.69 Å². The highest BCUT2D eigenvalue weighted by atomic mass is 32.2. The molecule has 1 aliphatic rings. The van der Waals surface area contributed by atoms with E-state index in [0.717, 1.165) is 6.26 Å². The van der Waals surface area contributed by atoms with Crippen LogP contribution in [0, 0.1) is 0 Å². The number of carbonyl (C=O) groups is 1. The zero-order valence-corrected chi connectivity index (χ0v) is 15.7. The Morgan fingerprint density at radius 1 is 1.00 bits per heavy atom. The minimum Gasteiger partial charge on any atom is -0.508 e. The van der Waals surface area contributed by atoms with E-state index in [0.29, 0.717) is 11.3 Å². The van der Waals surface area contributed by atoms with Gasteiger partial charge in [-0.05, 0) is 36.8 Å². The summed E-state index contributed by atoms with van der Waals surface area (Å²) in [5.74, 6) is -1.56. The Bertz CT molecular complexity index is 936. The molecule has 0 spiro atoms. The molecule has 0 aromatic heterocycles. The van der Waals surface area contributed by atoms with Crippen LogP contribution in [0.4, 0.5) is 5.69 Å². The lowest BCUT2D eigenvalue weighted by Crippen LogP contribution is -2.30. The minimum atomic E-state index is -3.81. The molecule has 1 atom stereocenters. The number of aliphatic hydroxyl groups excluding tert-OH is 2. The third-order valence-corrected chi connectivity index (χ3v) is 5.02. The normalized spacial score (nSPS) is 16.9. The van der Waals surface area contributed by atoms with Crippen molar-refractivity contribution in [2.24, 2.45) is 0 Å². The lowest BCUT2D eigenvalue weighted by Gasteiger charge is -2.26. The lowest BCUT2D eigenvalue weighted by molar-refractivity contribution is -0.117. The van der Waals surface area contributed by atoms with Crippen molar-refractivity contribution < 1.29 is 28.5 Å². The van der Waals surface area contributed by atoms with E-state index in [1.54, 1.807) is 37.3 Å². The quantitative estimate of drug-likeness (QED) is 0.739. The van der Waals surface area contributed by atoms with Crippen molar-refractivity contribution in [2.75, 3.05) is 17.8 Å². The second-order valence-corrected chi connectivity index (χ2v) is 7.79. The topological polar surface area (TPSA) is 115 Å². The Kier molecular flexibility index (Phi) is 6.24. The third-order valence-electron chi connectivity index (χ3n) is 3.80. The fourth-order valence-corrected chi connectivity index (χ4v) is 3.86. The molecular formula is C19H21NO6S. The maximum Gasteiger partial charge on any atom is 0.295 e. The van der Waals surface area contributed by atoms with Gasteiger partial charge in [0.25, 0.3) is 5.91 Å². The van der Waals surface area contributed by atoms with Gasteiger partial charge in [0.15, 0.2) is 15.6 Å². The average Bonchev–Trinajstić information content (AvgIpc) is 2.89. The summed E-state index contributed by atoms with van der Waals surface area (Å²) in [5.41, 5.74) is 0.931. The summed E-state index contributed by atoms with van der Waals surface area (Å²) >= 11 is 0. The number of hydrogen-bond acceptors (Lipinski definition) is 6. The van der Waals surface area contributed by atoms with Crippen LogP contribution >= 0.6 is 0 Å². The molecule has 1 aliphatic heterocycles. The summed E-state index contributed by atoms with van der Waals surface area (Å²) < 4.78 is 24.3. The molecule has 2 aromatic carbocycles. The van der Waals surface area contributed by atoms with Crippen molar-refractivity contribution >= 4 is 21.4 Å². The number of sulfone groups is 1. The first kappa shape index (κ1) is 20.5. The van der Waals surface area contributed by atoms with Crippen molar-refractivity contribution in [3.05, 3.63) is 70.8 Å². The molecule has 27 heavy (non-hydrogen) atoms. The Balaban J connectivity index is 0.000000817. The number of aliphatic hydroxyl groups is 2. The van der Waals surface area contributed by atoms with Gasteiger partial charge >= 0.3 is 0 Å². The summed E-state index contributed by atoms with van der Waals surface area (Å²) in [4.78, 5) is 13.4. The number of anilines is 1. The highest BCUT2D eigenvalue weighted by Crippen LogP contribution is 2.42. The van der Waals surface area contributed by atoms with Crippen LogP contribution < -0.4 is 4.90 Å². The number of nitrogens with zero attached hydrogens (tertiary/aromatic N) is 1. The van der Waals surface area contributed by atoms with Gasteiger partial charge in [-0.1, -0.05) is 30.3 Å². The predicted octanol–water partition coefficient (Wildman–Crippen LogP) is 2.29. The van der Waals surface area contributed by atoms with Crippen LogP contribution in [0.25, 0.3) is 0 Å².